The minimum atomic E-state index is -1.21. The van der Waals surface area contributed by atoms with Gasteiger partial charge < -0.3 is 15.6 Å². The van der Waals surface area contributed by atoms with Crippen LogP contribution >= 0.6 is 0 Å². The third-order valence-electron chi connectivity index (χ3n) is 5.19. The summed E-state index contributed by atoms with van der Waals surface area (Å²) in [6.45, 7) is 2.95. The van der Waals surface area contributed by atoms with Crippen LogP contribution in [0.15, 0.2) is 36.4 Å². The number of halogens is 1. The summed E-state index contributed by atoms with van der Waals surface area (Å²) in [5.74, 6) is 4.10. The van der Waals surface area contributed by atoms with Crippen molar-refractivity contribution in [3.8, 4) is 17.6 Å². The highest BCUT2D eigenvalue weighted by Gasteiger charge is 2.35. The van der Waals surface area contributed by atoms with Gasteiger partial charge in [0.2, 0.25) is 5.82 Å². The molecule has 3 heterocycles. The lowest BCUT2D eigenvalue weighted by atomic mass is 10.1. The zero-order valence-corrected chi connectivity index (χ0v) is 19.3. The summed E-state index contributed by atoms with van der Waals surface area (Å²) in [6.07, 6.45) is -0.0255. The van der Waals surface area contributed by atoms with E-state index in [0.29, 0.717) is 17.0 Å². The van der Waals surface area contributed by atoms with Crippen molar-refractivity contribution in [3.05, 3.63) is 65.1 Å². The normalized spacial score (nSPS) is 15.5. The van der Waals surface area contributed by atoms with Crippen LogP contribution in [0.5, 0.6) is 5.75 Å². The number of primary amides is 1. The molecule has 2 amide bonds. The summed E-state index contributed by atoms with van der Waals surface area (Å²) in [7, 11) is 1.52. The number of fused-ring (bicyclic) bond motifs is 1. The Morgan fingerprint density at radius 1 is 1.29 bits per heavy atom. The number of hydrogen-bond donors (Lipinski definition) is 2. The van der Waals surface area contributed by atoms with E-state index in [2.05, 4.69) is 26.9 Å². The van der Waals surface area contributed by atoms with Gasteiger partial charge in [0.25, 0.3) is 11.8 Å². The standard InChI is InChI=1S/C24H23FN6O4/c1-24(2,34)11-10-15-8-9-18-22(27-15)30(3)23(33)17(13-35-18)31-19(28-21(29-31)20(26)32)12-14-6-4-5-7-16(14)25/h4-9,17,34H,12-13H2,1-3H3,(H2,26,32)/t17-/m0/s1. The van der Waals surface area contributed by atoms with Gasteiger partial charge in [-0.3, -0.25) is 14.5 Å². The molecule has 0 aliphatic carbocycles. The molecule has 0 fully saturated rings. The Labute approximate surface area is 200 Å². The zero-order chi connectivity index (χ0) is 25.3. The Morgan fingerprint density at radius 2 is 2.03 bits per heavy atom. The fourth-order valence-electron chi connectivity index (χ4n) is 3.46. The number of carbonyl (C=O) groups is 2. The summed E-state index contributed by atoms with van der Waals surface area (Å²) in [5, 5.41) is 14.0. The fraction of sp³-hybridized carbons (Fsp3) is 0.292. The van der Waals surface area contributed by atoms with Gasteiger partial charge in [-0.2, -0.15) is 0 Å². The first-order valence-corrected chi connectivity index (χ1v) is 10.7. The van der Waals surface area contributed by atoms with Crippen LogP contribution in [0, 0.1) is 17.7 Å². The van der Waals surface area contributed by atoms with E-state index < -0.39 is 29.3 Å². The number of aromatic nitrogens is 4. The molecule has 4 rings (SSSR count). The first-order valence-electron chi connectivity index (χ1n) is 10.7. The Balaban J connectivity index is 1.71. The van der Waals surface area contributed by atoms with Crippen LogP contribution in [0.4, 0.5) is 10.2 Å². The third-order valence-corrected chi connectivity index (χ3v) is 5.19. The van der Waals surface area contributed by atoms with Crippen LogP contribution in [0.3, 0.4) is 0 Å². The number of ether oxygens (including phenoxy) is 1. The number of amides is 2. The average molecular weight is 478 g/mol. The first kappa shape index (κ1) is 23.8. The number of benzene rings is 1. The van der Waals surface area contributed by atoms with E-state index in [1.807, 2.05) is 0 Å². The van der Waals surface area contributed by atoms with Crippen LogP contribution < -0.4 is 15.4 Å². The molecule has 35 heavy (non-hydrogen) atoms. The topological polar surface area (TPSA) is 136 Å². The van der Waals surface area contributed by atoms with Crippen molar-refractivity contribution in [2.45, 2.75) is 31.9 Å². The van der Waals surface area contributed by atoms with Crippen molar-refractivity contribution in [1.82, 2.24) is 19.7 Å². The summed E-state index contributed by atoms with van der Waals surface area (Å²) >= 11 is 0. The maximum absolute atomic E-state index is 14.3. The van der Waals surface area contributed by atoms with Gasteiger partial charge in [-0.25, -0.2) is 19.0 Å². The lowest BCUT2D eigenvalue weighted by molar-refractivity contribution is -0.122. The number of rotatable bonds is 4. The van der Waals surface area contributed by atoms with Gasteiger partial charge in [0.1, 0.15) is 29.5 Å². The molecular weight excluding hydrogens is 455 g/mol. The molecule has 2 aromatic heterocycles. The third kappa shape index (κ3) is 5.12. The zero-order valence-electron chi connectivity index (χ0n) is 19.3. The van der Waals surface area contributed by atoms with Gasteiger partial charge >= 0.3 is 0 Å². The Bertz CT molecular complexity index is 1370. The van der Waals surface area contributed by atoms with Crippen LogP contribution in [-0.4, -0.2) is 55.9 Å². The molecule has 0 spiro atoms. The maximum atomic E-state index is 14.3. The van der Waals surface area contributed by atoms with Crippen molar-refractivity contribution in [2.75, 3.05) is 18.6 Å². The maximum Gasteiger partial charge on any atom is 0.288 e. The number of nitrogens with two attached hydrogens (primary N) is 1. The monoisotopic (exact) mass is 478 g/mol. The predicted molar refractivity (Wildman–Crippen MR) is 123 cm³/mol. The first-order chi connectivity index (χ1) is 16.5. The predicted octanol–water partition coefficient (Wildman–Crippen LogP) is 1.22. The van der Waals surface area contributed by atoms with Gasteiger partial charge in [0, 0.05) is 13.5 Å². The SMILES string of the molecule is CN1C(=O)[C@@H](n2nc(C(N)=O)nc2Cc2ccccc2F)COc2ccc(C#CC(C)(C)O)nc21. The van der Waals surface area contributed by atoms with Crippen molar-refractivity contribution in [2.24, 2.45) is 5.73 Å². The molecule has 3 N–H and O–H groups in total. The second-order valence-electron chi connectivity index (χ2n) is 8.48. The summed E-state index contributed by atoms with van der Waals surface area (Å²) in [4.78, 5) is 35.1. The van der Waals surface area contributed by atoms with Crippen LogP contribution in [0.25, 0.3) is 0 Å². The summed E-state index contributed by atoms with van der Waals surface area (Å²) in [5.41, 5.74) is 4.81. The molecule has 1 aliphatic heterocycles. The quantitative estimate of drug-likeness (QED) is 0.538. The summed E-state index contributed by atoms with van der Waals surface area (Å²) < 4.78 is 21.4. The Kier molecular flexibility index (Phi) is 6.24. The Morgan fingerprint density at radius 3 is 2.71 bits per heavy atom. The van der Waals surface area contributed by atoms with Gasteiger partial charge in [-0.05, 0) is 43.5 Å². The molecular formula is C24H23FN6O4. The van der Waals surface area contributed by atoms with Crippen LogP contribution in [-0.2, 0) is 11.2 Å². The van der Waals surface area contributed by atoms with E-state index >= 15 is 0 Å². The van der Waals surface area contributed by atoms with Crippen molar-refractivity contribution in [3.63, 3.8) is 0 Å². The minimum Gasteiger partial charge on any atom is -0.487 e. The highest BCUT2D eigenvalue weighted by Crippen LogP contribution is 2.32. The molecule has 3 aromatic rings. The molecule has 0 radical (unpaired) electrons. The van der Waals surface area contributed by atoms with Crippen LogP contribution in [0.2, 0.25) is 0 Å². The number of aliphatic hydroxyl groups is 1. The summed E-state index contributed by atoms with van der Waals surface area (Å²) in [6, 6.07) is 8.32. The number of pyridine rings is 1. The number of carbonyl (C=O) groups excluding carboxylic acids is 2. The molecule has 0 unspecified atom stereocenters. The van der Waals surface area contributed by atoms with Gasteiger partial charge in [0.05, 0.1) is 0 Å². The van der Waals surface area contributed by atoms with Crippen molar-refractivity contribution >= 4 is 17.6 Å². The largest absolute Gasteiger partial charge is 0.487 e. The lowest BCUT2D eigenvalue weighted by Crippen LogP contribution is -2.37. The molecule has 11 heteroatoms. The van der Waals surface area contributed by atoms with Crippen molar-refractivity contribution < 1.29 is 23.8 Å². The van der Waals surface area contributed by atoms with Crippen molar-refractivity contribution in [1.29, 1.82) is 0 Å². The molecule has 0 saturated carbocycles. The average Bonchev–Trinajstić information content (AvgIpc) is 3.17. The number of anilines is 1. The smallest absolute Gasteiger partial charge is 0.288 e. The number of likely N-dealkylation sites (N-methyl/N-ethyl adjacent to an activating group) is 1. The number of nitrogens with zero attached hydrogens (tertiary/aromatic N) is 5. The van der Waals surface area contributed by atoms with E-state index in [-0.39, 0.29) is 30.5 Å². The highest BCUT2D eigenvalue weighted by atomic mass is 19.1. The molecule has 1 aromatic carbocycles. The van der Waals surface area contributed by atoms with E-state index in [4.69, 9.17) is 10.5 Å². The van der Waals surface area contributed by atoms with E-state index in [1.165, 1.54) is 22.7 Å². The molecule has 180 valence electrons. The van der Waals surface area contributed by atoms with Gasteiger partial charge in [0.15, 0.2) is 17.6 Å². The number of hydrogen-bond acceptors (Lipinski definition) is 7. The molecule has 1 aliphatic rings. The van der Waals surface area contributed by atoms with E-state index in [1.54, 1.807) is 44.2 Å². The molecule has 0 saturated heterocycles. The minimum absolute atomic E-state index is 0.0255. The highest BCUT2D eigenvalue weighted by molar-refractivity contribution is 5.97. The molecule has 10 nitrogen and oxygen atoms in total. The second kappa shape index (κ2) is 9.15. The fourth-order valence-corrected chi connectivity index (χ4v) is 3.46. The van der Waals surface area contributed by atoms with E-state index in [0.717, 1.165) is 0 Å². The van der Waals surface area contributed by atoms with Gasteiger partial charge in [-0.1, -0.05) is 24.1 Å². The second-order valence-corrected chi connectivity index (χ2v) is 8.48. The lowest BCUT2D eigenvalue weighted by Gasteiger charge is -2.20. The Hall–Kier alpha value is -4.30. The van der Waals surface area contributed by atoms with E-state index in [9.17, 15) is 19.1 Å². The molecule has 0 bridgehead atoms. The van der Waals surface area contributed by atoms with Gasteiger partial charge in [-0.15, -0.1) is 5.10 Å². The van der Waals surface area contributed by atoms with Crippen LogP contribution in [0.1, 0.15) is 47.6 Å². The molecule has 1 atom stereocenters.